The second kappa shape index (κ2) is 11.8. The van der Waals surface area contributed by atoms with Gasteiger partial charge in [0.05, 0.1) is 11.1 Å². The highest BCUT2D eigenvalue weighted by Gasteiger charge is 2.18. The van der Waals surface area contributed by atoms with Crippen LogP contribution < -0.4 is 15.6 Å². The summed E-state index contributed by atoms with van der Waals surface area (Å²) in [5.74, 6) is -1.84. The van der Waals surface area contributed by atoms with Gasteiger partial charge < -0.3 is 15.3 Å². The van der Waals surface area contributed by atoms with Crippen LogP contribution in [0.3, 0.4) is 0 Å². The van der Waals surface area contributed by atoms with Crippen molar-refractivity contribution in [3.8, 4) is 5.75 Å². The second-order valence-corrected chi connectivity index (χ2v) is 8.60. The number of rotatable bonds is 8. The van der Waals surface area contributed by atoms with Crippen LogP contribution in [0.15, 0.2) is 82.0 Å². The number of aromatic hydroxyl groups is 1. The van der Waals surface area contributed by atoms with Crippen molar-refractivity contribution in [1.29, 1.82) is 0 Å². The highest BCUT2D eigenvalue weighted by Crippen LogP contribution is 2.32. The van der Waals surface area contributed by atoms with Gasteiger partial charge in [0, 0.05) is 41.4 Å². The van der Waals surface area contributed by atoms with Gasteiger partial charge in [-0.1, -0.05) is 46.3 Å². The summed E-state index contributed by atoms with van der Waals surface area (Å²) in [5, 5.41) is 27.6. The molecule has 0 saturated heterocycles. The highest BCUT2D eigenvalue weighted by atomic mass is 79.9. The number of hydrogen-bond donors (Lipinski definition) is 3. The van der Waals surface area contributed by atoms with Crippen molar-refractivity contribution < 1.29 is 19.6 Å². The first-order valence-corrected chi connectivity index (χ1v) is 11.3. The number of hydrazone groups is 1. The summed E-state index contributed by atoms with van der Waals surface area (Å²) >= 11 is 3.14. The number of halogens is 1. The van der Waals surface area contributed by atoms with Gasteiger partial charge in [0.15, 0.2) is 0 Å². The number of phenolic OH excluding ortho intramolecular Hbond substituents is 1. The second-order valence-electron chi connectivity index (χ2n) is 7.68. The van der Waals surface area contributed by atoms with Gasteiger partial charge in [-0.2, -0.15) is 5.10 Å². The average Bonchev–Trinajstić information content (AvgIpc) is 2.86. The van der Waals surface area contributed by atoms with Crippen LogP contribution in [0, 0.1) is 10.1 Å². The van der Waals surface area contributed by atoms with Crippen LogP contribution in [0.25, 0.3) is 6.08 Å². The molecule has 0 atom stereocenters. The topological polar surface area (TPSA) is 137 Å². The molecule has 0 heterocycles. The van der Waals surface area contributed by atoms with Gasteiger partial charge in [0.1, 0.15) is 5.70 Å². The van der Waals surface area contributed by atoms with Gasteiger partial charge in [0.2, 0.25) is 5.75 Å². The standard InChI is InChI=1S/C25H22BrN5O5/c1-30(2)20-10-8-16(9-11-20)12-21(28-24(33)17-6-4-3-5-7-17)25(34)29-27-15-18-13-19(26)14-22(23(18)32)31(35)36/h3-15,32H,1-2H3,(H,28,33)(H,29,34)/b21-12+,27-15+. The number of phenols is 1. The Morgan fingerprint density at radius 3 is 2.36 bits per heavy atom. The van der Waals surface area contributed by atoms with E-state index in [1.54, 1.807) is 42.5 Å². The zero-order valence-electron chi connectivity index (χ0n) is 19.3. The number of carbonyl (C=O) groups excluding carboxylic acids is 2. The molecular weight excluding hydrogens is 530 g/mol. The van der Waals surface area contributed by atoms with Crippen molar-refractivity contribution in [3.05, 3.63) is 104 Å². The first-order valence-electron chi connectivity index (χ1n) is 10.5. The van der Waals surface area contributed by atoms with E-state index < -0.39 is 28.2 Å². The molecule has 0 aliphatic carbocycles. The number of nitrogens with zero attached hydrogens (tertiary/aromatic N) is 3. The van der Waals surface area contributed by atoms with Crippen molar-refractivity contribution >= 4 is 51.4 Å². The number of nitrogens with one attached hydrogen (secondary N) is 2. The third-order valence-corrected chi connectivity index (χ3v) is 5.36. The van der Waals surface area contributed by atoms with Crippen LogP contribution in [-0.2, 0) is 4.79 Å². The molecule has 11 heteroatoms. The molecule has 0 saturated carbocycles. The maximum absolute atomic E-state index is 12.9. The van der Waals surface area contributed by atoms with Crippen molar-refractivity contribution in [2.24, 2.45) is 5.10 Å². The van der Waals surface area contributed by atoms with Crippen LogP contribution in [0.1, 0.15) is 21.5 Å². The summed E-state index contributed by atoms with van der Waals surface area (Å²) < 4.78 is 0.344. The van der Waals surface area contributed by atoms with E-state index in [1.165, 1.54) is 12.1 Å². The first kappa shape index (κ1) is 26.1. The molecule has 36 heavy (non-hydrogen) atoms. The Balaban J connectivity index is 1.86. The fourth-order valence-electron chi connectivity index (χ4n) is 3.04. The number of hydrogen-bond acceptors (Lipinski definition) is 7. The van der Waals surface area contributed by atoms with E-state index in [0.29, 0.717) is 15.6 Å². The third-order valence-electron chi connectivity index (χ3n) is 4.90. The summed E-state index contributed by atoms with van der Waals surface area (Å²) in [6, 6.07) is 18.2. The molecule has 0 unspecified atom stereocenters. The summed E-state index contributed by atoms with van der Waals surface area (Å²) in [6.07, 6.45) is 2.56. The van der Waals surface area contributed by atoms with Gasteiger partial charge in [-0.05, 0) is 42.0 Å². The van der Waals surface area contributed by atoms with Crippen LogP contribution in [0.4, 0.5) is 11.4 Å². The Hall–Kier alpha value is -4.51. The number of nitro groups is 1. The molecule has 3 aromatic carbocycles. The quantitative estimate of drug-likeness (QED) is 0.167. The molecule has 0 radical (unpaired) electrons. The normalized spacial score (nSPS) is 11.2. The molecule has 0 aliphatic rings. The number of anilines is 1. The van der Waals surface area contributed by atoms with E-state index in [2.05, 4.69) is 31.8 Å². The Bertz CT molecular complexity index is 1340. The molecule has 2 amide bonds. The van der Waals surface area contributed by atoms with Crippen molar-refractivity contribution in [2.75, 3.05) is 19.0 Å². The predicted octanol–water partition coefficient (Wildman–Crippen LogP) is 4.05. The van der Waals surface area contributed by atoms with Crippen LogP contribution >= 0.6 is 15.9 Å². The molecule has 0 aromatic heterocycles. The van der Waals surface area contributed by atoms with Crippen LogP contribution in [-0.4, -0.2) is 42.2 Å². The number of nitro benzene ring substituents is 1. The molecule has 0 fully saturated rings. The Labute approximate surface area is 215 Å². The van der Waals surface area contributed by atoms with Crippen molar-refractivity contribution in [1.82, 2.24) is 10.7 Å². The van der Waals surface area contributed by atoms with Crippen LogP contribution in [0.5, 0.6) is 5.75 Å². The Kier molecular flexibility index (Phi) is 8.52. The Morgan fingerprint density at radius 2 is 1.75 bits per heavy atom. The van der Waals surface area contributed by atoms with E-state index in [0.717, 1.165) is 18.0 Å². The Morgan fingerprint density at radius 1 is 1.08 bits per heavy atom. The maximum atomic E-state index is 12.9. The fraction of sp³-hybridized carbons (Fsp3) is 0.0800. The van der Waals surface area contributed by atoms with Crippen molar-refractivity contribution in [2.45, 2.75) is 0 Å². The molecule has 3 N–H and O–H groups in total. The lowest BCUT2D eigenvalue weighted by Crippen LogP contribution is -2.32. The van der Waals surface area contributed by atoms with Gasteiger partial charge in [-0.3, -0.25) is 19.7 Å². The minimum atomic E-state index is -0.740. The monoisotopic (exact) mass is 551 g/mol. The summed E-state index contributed by atoms with van der Waals surface area (Å²) in [6.45, 7) is 0. The molecule has 10 nitrogen and oxygen atoms in total. The SMILES string of the molecule is CN(C)c1ccc(/C=C(/NC(=O)c2ccccc2)C(=O)N/N=C/c2cc(Br)cc([N+](=O)[O-])c2O)cc1. The molecule has 184 valence electrons. The molecule has 3 rings (SSSR count). The van der Waals surface area contributed by atoms with Gasteiger partial charge >= 0.3 is 5.69 Å². The zero-order valence-corrected chi connectivity index (χ0v) is 20.9. The predicted molar refractivity (Wildman–Crippen MR) is 141 cm³/mol. The van der Waals surface area contributed by atoms with Gasteiger partial charge in [0.25, 0.3) is 11.8 Å². The average molecular weight is 552 g/mol. The maximum Gasteiger partial charge on any atom is 0.312 e. The molecular formula is C25H22BrN5O5. The molecule has 0 aliphatic heterocycles. The molecule has 3 aromatic rings. The minimum Gasteiger partial charge on any atom is -0.502 e. The van der Waals surface area contributed by atoms with Gasteiger partial charge in [-0.15, -0.1) is 0 Å². The lowest BCUT2D eigenvalue weighted by molar-refractivity contribution is -0.385. The minimum absolute atomic E-state index is 0.00880. The molecule has 0 spiro atoms. The highest BCUT2D eigenvalue weighted by molar-refractivity contribution is 9.10. The van der Waals surface area contributed by atoms with Crippen LogP contribution in [0.2, 0.25) is 0 Å². The number of carbonyl (C=O) groups is 2. The van der Waals surface area contributed by atoms with E-state index in [4.69, 9.17) is 0 Å². The largest absolute Gasteiger partial charge is 0.502 e. The lowest BCUT2D eigenvalue weighted by atomic mass is 10.1. The lowest BCUT2D eigenvalue weighted by Gasteiger charge is -2.12. The van der Waals surface area contributed by atoms with Gasteiger partial charge in [-0.25, -0.2) is 5.43 Å². The molecule has 0 bridgehead atoms. The summed E-state index contributed by atoms with van der Waals surface area (Å²) in [5.41, 5.74) is 3.65. The summed E-state index contributed by atoms with van der Waals surface area (Å²) in [7, 11) is 3.80. The number of amides is 2. The first-order chi connectivity index (χ1) is 17.2. The van der Waals surface area contributed by atoms with E-state index in [1.807, 2.05) is 31.1 Å². The van der Waals surface area contributed by atoms with Crippen molar-refractivity contribution in [3.63, 3.8) is 0 Å². The number of benzene rings is 3. The fourth-order valence-corrected chi connectivity index (χ4v) is 3.50. The third kappa shape index (κ3) is 6.76. The zero-order chi connectivity index (χ0) is 26.2. The van der Waals surface area contributed by atoms with E-state index >= 15 is 0 Å². The van der Waals surface area contributed by atoms with E-state index in [-0.39, 0.29) is 11.3 Å². The smallest absolute Gasteiger partial charge is 0.312 e. The van der Waals surface area contributed by atoms with E-state index in [9.17, 15) is 24.8 Å². The summed E-state index contributed by atoms with van der Waals surface area (Å²) in [4.78, 5) is 37.9.